The maximum atomic E-state index is 11.5. The molecule has 0 bridgehead atoms. The third kappa shape index (κ3) is 4.62. The van der Waals surface area contributed by atoms with Gasteiger partial charge in [-0.2, -0.15) is 0 Å². The smallest absolute Gasteiger partial charge is 0.313 e. The predicted molar refractivity (Wildman–Crippen MR) is 57.4 cm³/mol. The van der Waals surface area contributed by atoms with Gasteiger partial charge in [-0.25, -0.2) is 0 Å². The zero-order chi connectivity index (χ0) is 11.8. The summed E-state index contributed by atoms with van der Waals surface area (Å²) < 4.78 is 15.0. The third-order valence-electron chi connectivity index (χ3n) is 2.65. The van der Waals surface area contributed by atoms with Gasteiger partial charge in [-0.05, 0) is 12.3 Å². The summed E-state index contributed by atoms with van der Waals surface area (Å²) in [5.74, 6) is -0.175. The van der Waals surface area contributed by atoms with Crippen molar-refractivity contribution in [3.05, 3.63) is 0 Å². The minimum absolute atomic E-state index is 0.274. The fourth-order valence-electron chi connectivity index (χ4n) is 1.49. The van der Waals surface area contributed by atoms with Crippen molar-refractivity contribution in [2.24, 2.45) is 11.8 Å². The monoisotopic (exact) mass is 218 g/mol. The van der Waals surface area contributed by atoms with Gasteiger partial charge in [-0.3, -0.25) is 4.79 Å². The number of hydrogen-bond acceptors (Lipinski definition) is 4. The van der Waals surface area contributed by atoms with Gasteiger partial charge in [-0.15, -0.1) is 0 Å². The summed E-state index contributed by atoms with van der Waals surface area (Å²) >= 11 is 0. The molecular formula is C11H22O4. The van der Waals surface area contributed by atoms with Gasteiger partial charge >= 0.3 is 5.97 Å². The van der Waals surface area contributed by atoms with E-state index in [1.54, 1.807) is 0 Å². The van der Waals surface area contributed by atoms with Crippen molar-refractivity contribution in [1.82, 2.24) is 0 Å². The first-order valence-corrected chi connectivity index (χ1v) is 5.24. The van der Waals surface area contributed by atoms with Gasteiger partial charge in [0.2, 0.25) is 0 Å². The highest BCUT2D eigenvalue weighted by atomic mass is 16.7. The molecule has 2 atom stereocenters. The van der Waals surface area contributed by atoms with Gasteiger partial charge in [0.15, 0.2) is 6.29 Å². The SMILES string of the molecule is CCC(C)CC(C(=O)OC)C(OC)OC. The molecule has 0 aliphatic carbocycles. The standard InChI is InChI=1S/C11H22O4/c1-6-8(2)7-9(10(12)13-3)11(14-4)15-5/h8-9,11H,6-7H2,1-5H3. The maximum absolute atomic E-state index is 11.5. The molecule has 4 nitrogen and oxygen atoms in total. The van der Waals surface area contributed by atoms with Gasteiger partial charge in [0.1, 0.15) is 5.92 Å². The Labute approximate surface area is 91.9 Å². The van der Waals surface area contributed by atoms with Gasteiger partial charge in [0.05, 0.1) is 7.11 Å². The van der Waals surface area contributed by atoms with E-state index in [0.717, 1.165) is 12.8 Å². The normalized spacial score (nSPS) is 15.1. The fourth-order valence-corrected chi connectivity index (χ4v) is 1.49. The van der Waals surface area contributed by atoms with E-state index in [9.17, 15) is 4.79 Å². The molecule has 2 unspecified atom stereocenters. The minimum atomic E-state index is -0.522. The number of carbonyl (C=O) groups is 1. The highest BCUT2D eigenvalue weighted by Gasteiger charge is 2.30. The van der Waals surface area contributed by atoms with Crippen LogP contribution in [0.2, 0.25) is 0 Å². The number of hydrogen-bond donors (Lipinski definition) is 0. The third-order valence-corrected chi connectivity index (χ3v) is 2.65. The van der Waals surface area contributed by atoms with E-state index in [-0.39, 0.29) is 11.9 Å². The van der Waals surface area contributed by atoms with Crippen molar-refractivity contribution in [2.45, 2.75) is 33.0 Å². The number of methoxy groups -OCH3 is 3. The first kappa shape index (κ1) is 14.4. The summed E-state index contributed by atoms with van der Waals surface area (Å²) in [6.07, 6.45) is 1.22. The van der Waals surface area contributed by atoms with Gasteiger partial charge in [0, 0.05) is 14.2 Å². The lowest BCUT2D eigenvalue weighted by atomic mass is 9.93. The summed E-state index contributed by atoms with van der Waals surface area (Å²) in [6.45, 7) is 4.19. The Kier molecular flexibility index (Phi) is 7.34. The molecule has 0 amide bonds. The molecule has 0 N–H and O–H groups in total. The lowest BCUT2D eigenvalue weighted by Crippen LogP contribution is -2.33. The second-order valence-electron chi connectivity index (χ2n) is 3.72. The van der Waals surface area contributed by atoms with E-state index < -0.39 is 6.29 Å². The molecule has 0 heterocycles. The van der Waals surface area contributed by atoms with Crippen LogP contribution in [0, 0.1) is 11.8 Å². The molecule has 0 aromatic heterocycles. The molecule has 0 saturated carbocycles. The van der Waals surface area contributed by atoms with Crippen LogP contribution in [0.5, 0.6) is 0 Å². The van der Waals surface area contributed by atoms with Gasteiger partial charge in [-0.1, -0.05) is 20.3 Å². The Balaban J connectivity index is 4.48. The van der Waals surface area contributed by atoms with Crippen molar-refractivity contribution in [1.29, 1.82) is 0 Å². The van der Waals surface area contributed by atoms with Crippen LogP contribution < -0.4 is 0 Å². The van der Waals surface area contributed by atoms with Crippen LogP contribution in [0.25, 0.3) is 0 Å². The number of rotatable bonds is 7. The molecule has 0 fully saturated rings. The highest BCUT2D eigenvalue weighted by molar-refractivity contribution is 5.72. The van der Waals surface area contributed by atoms with Crippen molar-refractivity contribution in [3.63, 3.8) is 0 Å². The van der Waals surface area contributed by atoms with E-state index in [1.165, 1.54) is 21.3 Å². The summed E-state index contributed by atoms with van der Waals surface area (Å²) in [5, 5.41) is 0. The van der Waals surface area contributed by atoms with Crippen LogP contribution in [0.3, 0.4) is 0 Å². The van der Waals surface area contributed by atoms with Crippen molar-refractivity contribution >= 4 is 5.97 Å². The summed E-state index contributed by atoms with van der Waals surface area (Å²) in [4.78, 5) is 11.5. The van der Waals surface area contributed by atoms with Crippen molar-refractivity contribution in [3.8, 4) is 0 Å². The minimum Gasteiger partial charge on any atom is -0.469 e. The van der Waals surface area contributed by atoms with Crippen molar-refractivity contribution in [2.75, 3.05) is 21.3 Å². The van der Waals surface area contributed by atoms with Crippen LogP contribution in [0.4, 0.5) is 0 Å². The molecule has 0 aliphatic rings. The molecule has 0 rings (SSSR count). The largest absolute Gasteiger partial charge is 0.469 e. The van der Waals surface area contributed by atoms with E-state index >= 15 is 0 Å². The van der Waals surface area contributed by atoms with Crippen molar-refractivity contribution < 1.29 is 19.0 Å². The quantitative estimate of drug-likeness (QED) is 0.483. The summed E-state index contributed by atoms with van der Waals surface area (Å²) in [5.41, 5.74) is 0. The number of carbonyl (C=O) groups excluding carboxylic acids is 1. The van der Waals surface area contributed by atoms with Crippen LogP contribution in [0.15, 0.2) is 0 Å². The van der Waals surface area contributed by atoms with Crippen LogP contribution in [0.1, 0.15) is 26.7 Å². The molecule has 0 aromatic rings. The zero-order valence-electron chi connectivity index (χ0n) is 10.3. The Hall–Kier alpha value is -0.610. The average molecular weight is 218 g/mol. The van der Waals surface area contributed by atoms with Crippen LogP contribution in [-0.2, 0) is 19.0 Å². The molecule has 4 heteroatoms. The first-order valence-electron chi connectivity index (χ1n) is 5.24. The van der Waals surface area contributed by atoms with E-state index in [0.29, 0.717) is 5.92 Å². The van der Waals surface area contributed by atoms with Gasteiger partial charge < -0.3 is 14.2 Å². The van der Waals surface area contributed by atoms with E-state index in [4.69, 9.17) is 14.2 Å². The molecule has 0 aromatic carbocycles. The van der Waals surface area contributed by atoms with Crippen LogP contribution >= 0.6 is 0 Å². The average Bonchev–Trinajstić information content (AvgIpc) is 2.27. The highest BCUT2D eigenvalue weighted by Crippen LogP contribution is 2.21. The Bertz CT molecular complexity index is 177. The van der Waals surface area contributed by atoms with E-state index in [1.807, 2.05) is 0 Å². The molecule has 90 valence electrons. The first-order chi connectivity index (χ1) is 7.10. The summed E-state index contributed by atoms with van der Waals surface area (Å²) in [6, 6.07) is 0. The van der Waals surface area contributed by atoms with Gasteiger partial charge in [0.25, 0.3) is 0 Å². The predicted octanol–water partition coefficient (Wildman–Crippen LogP) is 1.83. The Morgan fingerprint density at radius 1 is 1.20 bits per heavy atom. The lowest BCUT2D eigenvalue weighted by molar-refractivity contribution is -0.176. The van der Waals surface area contributed by atoms with Crippen LogP contribution in [-0.4, -0.2) is 33.6 Å². The molecule has 0 radical (unpaired) electrons. The summed E-state index contributed by atoms with van der Waals surface area (Å²) in [7, 11) is 4.44. The second-order valence-corrected chi connectivity index (χ2v) is 3.72. The second kappa shape index (κ2) is 7.65. The van der Waals surface area contributed by atoms with E-state index in [2.05, 4.69) is 13.8 Å². The fraction of sp³-hybridized carbons (Fsp3) is 0.909. The molecule has 0 saturated heterocycles. The topological polar surface area (TPSA) is 44.8 Å². The number of ether oxygens (including phenoxy) is 3. The zero-order valence-corrected chi connectivity index (χ0v) is 10.3. The molecule has 15 heavy (non-hydrogen) atoms. The number of esters is 1. The molecule has 0 aliphatic heterocycles. The molecule has 0 spiro atoms. The molecular weight excluding hydrogens is 196 g/mol. The lowest BCUT2D eigenvalue weighted by Gasteiger charge is -2.24. The Morgan fingerprint density at radius 3 is 2.07 bits per heavy atom. The maximum Gasteiger partial charge on any atom is 0.313 e. The Morgan fingerprint density at radius 2 is 1.73 bits per heavy atom.